The van der Waals surface area contributed by atoms with Crippen molar-refractivity contribution in [1.82, 2.24) is 4.90 Å². The molecule has 0 fully saturated rings. The van der Waals surface area contributed by atoms with Crippen molar-refractivity contribution in [3.63, 3.8) is 0 Å². The summed E-state index contributed by atoms with van der Waals surface area (Å²) in [4.78, 5) is 21.4. The lowest BCUT2D eigenvalue weighted by Crippen LogP contribution is -2.17. The van der Waals surface area contributed by atoms with Crippen LogP contribution >= 0.6 is 0 Å². The molecular formula is C21H25NO6. The van der Waals surface area contributed by atoms with Crippen LogP contribution in [0, 0.1) is 0 Å². The van der Waals surface area contributed by atoms with E-state index < -0.39 is 11.9 Å². The summed E-state index contributed by atoms with van der Waals surface area (Å²) in [6.45, 7) is 1.77. The van der Waals surface area contributed by atoms with Crippen LogP contribution in [0.3, 0.4) is 0 Å². The second kappa shape index (κ2) is 12.1. The minimum Gasteiger partial charge on any atom is -0.497 e. The van der Waals surface area contributed by atoms with Gasteiger partial charge in [-0.15, -0.1) is 0 Å². The molecule has 0 radical (unpaired) electrons. The van der Waals surface area contributed by atoms with Crippen molar-refractivity contribution < 1.29 is 29.3 Å². The van der Waals surface area contributed by atoms with E-state index in [9.17, 15) is 9.59 Å². The maximum absolute atomic E-state index is 9.55. The van der Waals surface area contributed by atoms with Crippen LogP contribution < -0.4 is 9.47 Å². The zero-order valence-corrected chi connectivity index (χ0v) is 16.2. The lowest BCUT2D eigenvalue weighted by Gasteiger charge is -2.17. The van der Waals surface area contributed by atoms with Gasteiger partial charge in [0, 0.05) is 25.2 Å². The Kier molecular flexibility index (Phi) is 9.85. The molecule has 0 atom stereocenters. The van der Waals surface area contributed by atoms with Crippen molar-refractivity contribution in [1.29, 1.82) is 0 Å². The van der Waals surface area contributed by atoms with E-state index in [0.717, 1.165) is 24.6 Å². The molecule has 0 aromatic heterocycles. The van der Waals surface area contributed by atoms with Gasteiger partial charge in [-0.25, -0.2) is 9.59 Å². The Bertz CT molecular complexity index is 737. The molecular weight excluding hydrogens is 362 g/mol. The molecule has 28 heavy (non-hydrogen) atoms. The van der Waals surface area contributed by atoms with Crippen LogP contribution in [0.5, 0.6) is 11.5 Å². The molecule has 150 valence electrons. The zero-order valence-electron chi connectivity index (χ0n) is 16.2. The van der Waals surface area contributed by atoms with E-state index >= 15 is 0 Å². The van der Waals surface area contributed by atoms with Gasteiger partial charge >= 0.3 is 11.9 Å². The molecule has 0 aliphatic rings. The van der Waals surface area contributed by atoms with Gasteiger partial charge in [-0.3, -0.25) is 4.90 Å². The molecule has 0 bridgehead atoms. The molecule has 7 nitrogen and oxygen atoms in total. The highest BCUT2D eigenvalue weighted by atomic mass is 16.5. The third-order valence-electron chi connectivity index (χ3n) is 3.54. The summed E-state index contributed by atoms with van der Waals surface area (Å²) >= 11 is 0. The highest BCUT2D eigenvalue weighted by Gasteiger charge is 2.04. The fourth-order valence-corrected chi connectivity index (χ4v) is 2.36. The van der Waals surface area contributed by atoms with E-state index in [4.69, 9.17) is 19.7 Å². The Balaban J connectivity index is 0.000000416. The second-order valence-electron chi connectivity index (χ2n) is 5.89. The SMILES string of the molecule is COc1cccc(CN(C)Cc2cccc(OC)c2)c1.O=C(O)/C=C\C(=O)O. The van der Waals surface area contributed by atoms with Gasteiger partial charge in [0.05, 0.1) is 14.2 Å². The highest BCUT2D eigenvalue weighted by Crippen LogP contribution is 2.17. The largest absolute Gasteiger partial charge is 0.497 e. The normalized spacial score (nSPS) is 10.3. The van der Waals surface area contributed by atoms with Crippen molar-refractivity contribution in [2.75, 3.05) is 21.3 Å². The molecule has 0 aliphatic carbocycles. The first-order valence-corrected chi connectivity index (χ1v) is 8.42. The number of hydrogen-bond donors (Lipinski definition) is 2. The third kappa shape index (κ3) is 9.40. The summed E-state index contributed by atoms with van der Waals surface area (Å²) in [7, 11) is 5.50. The number of carboxylic acid groups (broad SMARTS) is 2. The van der Waals surface area contributed by atoms with E-state index in [1.54, 1.807) is 14.2 Å². The average Bonchev–Trinajstić information content (AvgIpc) is 2.67. The third-order valence-corrected chi connectivity index (χ3v) is 3.54. The number of methoxy groups -OCH3 is 2. The fourth-order valence-electron chi connectivity index (χ4n) is 2.36. The van der Waals surface area contributed by atoms with Gasteiger partial charge in [0.2, 0.25) is 0 Å². The number of carboxylic acids is 2. The van der Waals surface area contributed by atoms with Crippen molar-refractivity contribution in [2.45, 2.75) is 13.1 Å². The van der Waals surface area contributed by atoms with Gasteiger partial charge in [-0.2, -0.15) is 0 Å². The summed E-state index contributed by atoms with van der Waals surface area (Å²) in [5.74, 6) is -0.714. The number of nitrogens with zero attached hydrogens (tertiary/aromatic N) is 1. The molecule has 0 aliphatic heterocycles. The van der Waals surface area contributed by atoms with E-state index in [1.165, 1.54) is 11.1 Å². The summed E-state index contributed by atoms with van der Waals surface area (Å²) in [6, 6.07) is 16.3. The van der Waals surface area contributed by atoms with Crippen molar-refractivity contribution in [3.8, 4) is 11.5 Å². The number of aliphatic carboxylic acids is 2. The van der Waals surface area contributed by atoms with Crippen LogP contribution in [0.2, 0.25) is 0 Å². The fraction of sp³-hybridized carbons (Fsp3) is 0.238. The van der Waals surface area contributed by atoms with Gasteiger partial charge in [0.1, 0.15) is 11.5 Å². The summed E-state index contributed by atoms with van der Waals surface area (Å²) < 4.78 is 10.5. The molecule has 2 aromatic carbocycles. The van der Waals surface area contributed by atoms with Gasteiger partial charge in [0.25, 0.3) is 0 Å². The van der Waals surface area contributed by atoms with Crippen molar-refractivity contribution >= 4 is 11.9 Å². The summed E-state index contributed by atoms with van der Waals surface area (Å²) in [5.41, 5.74) is 2.49. The number of carbonyl (C=O) groups is 2. The number of hydrogen-bond acceptors (Lipinski definition) is 5. The van der Waals surface area contributed by atoms with Crippen molar-refractivity contribution in [3.05, 3.63) is 71.8 Å². The van der Waals surface area contributed by atoms with Gasteiger partial charge in [-0.1, -0.05) is 24.3 Å². The average molecular weight is 387 g/mol. The predicted octanol–water partition coefficient (Wildman–Crippen LogP) is 3.05. The van der Waals surface area contributed by atoms with Crippen LogP contribution in [-0.2, 0) is 22.7 Å². The molecule has 2 rings (SSSR count). The van der Waals surface area contributed by atoms with Crippen molar-refractivity contribution in [2.24, 2.45) is 0 Å². The lowest BCUT2D eigenvalue weighted by atomic mass is 10.1. The van der Waals surface area contributed by atoms with Crippen LogP contribution in [-0.4, -0.2) is 48.3 Å². The lowest BCUT2D eigenvalue weighted by molar-refractivity contribution is -0.134. The Morgan fingerprint density at radius 3 is 1.57 bits per heavy atom. The molecule has 7 heteroatoms. The first-order chi connectivity index (χ1) is 13.3. The van der Waals surface area contributed by atoms with Gasteiger partial charge in [-0.05, 0) is 42.4 Å². The number of rotatable bonds is 8. The maximum Gasteiger partial charge on any atom is 0.328 e. The summed E-state index contributed by atoms with van der Waals surface area (Å²) in [6.07, 6.45) is 1.12. The zero-order chi connectivity index (χ0) is 20.9. The minimum atomic E-state index is -1.26. The van der Waals surface area contributed by atoms with Gasteiger partial charge < -0.3 is 19.7 Å². The molecule has 0 saturated carbocycles. The van der Waals surface area contributed by atoms with Crippen LogP contribution in [0.4, 0.5) is 0 Å². The Morgan fingerprint density at radius 2 is 1.25 bits per heavy atom. The molecule has 2 aromatic rings. The Labute approximate surface area is 164 Å². The van der Waals surface area contributed by atoms with Gasteiger partial charge in [0.15, 0.2) is 0 Å². The standard InChI is InChI=1S/C17H21NO2.C4H4O4/c1-18(12-14-6-4-8-16(10-14)19-2)13-15-7-5-9-17(11-15)20-3;5-3(6)1-2-4(7)8/h4-11H,12-13H2,1-3H3;1-2H,(H,5,6)(H,7,8)/b;2-1-. The topological polar surface area (TPSA) is 96.3 Å². The second-order valence-corrected chi connectivity index (χ2v) is 5.89. The van der Waals surface area contributed by atoms with E-state index in [2.05, 4.69) is 36.2 Å². The van der Waals surface area contributed by atoms with E-state index in [0.29, 0.717) is 12.2 Å². The smallest absolute Gasteiger partial charge is 0.328 e. The molecule has 0 amide bonds. The highest BCUT2D eigenvalue weighted by molar-refractivity contribution is 5.89. The van der Waals surface area contributed by atoms with Crippen LogP contribution in [0.15, 0.2) is 60.7 Å². The number of ether oxygens (including phenoxy) is 2. The van der Waals surface area contributed by atoms with Crippen LogP contribution in [0.25, 0.3) is 0 Å². The first kappa shape index (κ1) is 22.7. The van der Waals surface area contributed by atoms with E-state index in [-0.39, 0.29) is 0 Å². The minimum absolute atomic E-state index is 0.558. The number of benzene rings is 2. The maximum atomic E-state index is 9.55. The molecule has 0 heterocycles. The Morgan fingerprint density at radius 1 is 0.857 bits per heavy atom. The Hall–Kier alpha value is -3.32. The molecule has 0 unspecified atom stereocenters. The molecule has 0 saturated heterocycles. The monoisotopic (exact) mass is 387 g/mol. The molecule has 0 spiro atoms. The predicted molar refractivity (Wildman–Crippen MR) is 106 cm³/mol. The van der Waals surface area contributed by atoms with Crippen LogP contribution in [0.1, 0.15) is 11.1 Å². The van der Waals surface area contributed by atoms with E-state index in [1.807, 2.05) is 24.3 Å². The summed E-state index contributed by atoms with van der Waals surface area (Å²) in [5, 5.41) is 15.6. The first-order valence-electron chi connectivity index (χ1n) is 8.42. The molecule has 2 N–H and O–H groups in total. The quantitative estimate of drug-likeness (QED) is 0.672.